The summed E-state index contributed by atoms with van der Waals surface area (Å²) < 4.78 is 573. The van der Waals surface area contributed by atoms with E-state index in [2.05, 4.69) is 0 Å². The first-order chi connectivity index (χ1) is 40.9. The van der Waals surface area contributed by atoms with Crippen LogP contribution in [0.1, 0.15) is 32.6 Å². The Bertz CT molecular complexity index is 2910. The van der Waals surface area contributed by atoms with Crippen LogP contribution < -0.4 is 0 Å². The van der Waals surface area contributed by atoms with Gasteiger partial charge in [0.05, 0.1) is 6.67 Å². The predicted molar refractivity (Wildman–Crippen MR) is 238 cm³/mol. The number of alkyl halides is 44. The highest BCUT2D eigenvalue weighted by Crippen LogP contribution is 2.62. The highest BCUT2D eigenvalue weighted by molar-refractivity contribution is 8.27. The van der Waals surface area contributed by atoms with Crippen molar-refractivity contribution in [3.63, 3.8) is 0 Å². The maximum Gasteiger partial charge on any atom is 0.460 e. The Morgan fingerprint density at radius 1 is 0.333 bits per heavy atom. The Labute approximate surface area is 514 Å². The van der Waals surface area contributed by atoms with E-state index in [1.807, 2.05) is 0 Å². The third-order valence-electron chi connectivity index (χ3n) is 11.3. The molecule has 1 aliphatic heterocycles. The van der Waals surface area contributed by atoms with Crippen molar-refractivity contribution in [3.05, 3.63) is 9.54 Å². The summed E-state index contributed by atoms with van der Waals surface area (Å²) in [4.78, 5) is 0. The van der Waals surface area contributed by atoms with Crippen molar-refractivity contribution in [2.75, 3.05) is 32.5 Å². The maximum absolute atomic E-state index is 14.9. The van der Waals surface area contributed by atoms with Crippen LogP contribution in [0.5, 0.6) is 0 Å². The van der Waals surface area contributed by atoms with E-state index in [1.54, 1.807) is 0 Å². The van der Waals surface area contributed by atoms with Gasteiger partial charge < -0.3 is 18.3 Å². The number of thioether (sulfide) groups is 1. The predicted octanol–water partition coefficient (Wildman–Crippen LogP) is 21.1. The molecule has 550 valence electrons. The molecule has 0 N–H and O–H groups in total. The summed E-state index contributed by atoms with van der Waals surface area (Å²) >= 11 is 10.4. The molecule has 0 saturated carbocycles. The molecule has 0 amide bonds. The monoisotopic (exact) mass is 1580 g/mol. The summed E-state index contributed by atoms with van der Waals surface area (Å²) in [6.07, 6.45) is -35.5. The standard InChI is InChI=1S/C31H25F30N5S6.C5H2F10.C2H2F4/c1-2-69-13-14(70-66-71-15-16(72-66)65(17(67)62(15)8-3-7-32)11-6-21(38,39)25(46,47)27(50,51)29(54,55)31(59,60)61)64(10-4-19(34,35)23(42,43)22(40,41)12-33)18(68)63(13)9-5-20(36,37)24(44,45)26(48,49)28(52,53)30(56,57)58;6-1-2(7,8)3(9,10)4(11,12)5(13,14)15;3-1-2(4,5)6/h2-12H2,1H3;1H2;1H2. The fourth-order valence-electron chi connectivity index (χ4n) is 6.20. The van der Waals surface area contributed by atoms with Crippen LogP contribution in [0.3, 0.4) is 0 Å². The van der Waals surface area contributed by atoms with Crippen molar-refractivity contribution < 1.29 is 193 Å². The second-order valence-corrected chi connectivity index (χ2v) is 23.3. The van der Waals surface area contributed by atoms with Gasteiger partial charge in [0.1, 0.15) is 20.1 Å². The lowest BCUT2D eigenvalue weighted by Gasteiger charge is -2.37. The molecule has 93 heavy (non-hydrogen) atoms. The fraction of sp³-hybridized carbons (Fsp3) is 0.842. The van der Waals surface area contributed by atoms with Crippen molar-refractivity contribution in [1.82, 2.24) is 21.4 Å². The van der Waals surface area contributed by atoms with Crippen molar-refractivity contribution >= 4 is 72.0 Å². The van der Waals surface area contributed by atoms with Gasteiger partial charge in [0.25, 0.3) is 0 Å². The molecule has 2 aromatic rings. The van der Waals surface area contributed by atoms with Gasteiger partial charge in [-0.1, -0.05) is 6.92 Å². The van der Waals surface area contributed by atoms with Crippen LogP contribution in [-0.2, 0) is 26.2 Å². The Morgan fingerprint density at radius 2 is 0.602 bits per heavy atom. The third-order valence-corrected chi connectivity index (χ3v) is 17.0. The summed E-state index contributed by atoms with van der Waals surface area (Å²) in [5.74, 6) is -98.8. The van der Waals surface area contributed by atoms with E-state index < -0.39 is 222 Å². The molecule has 0 fully saturated rings. The molecule has 0 bridgehead atoms. The number of hydrogen-bond acceptors (Lipinski definition) is 7. The second kappa shape index (κ2) is 28.8. The van der Waals surface area contributed by atoms with Gasteiger partial charge in [0, 0.05) is 81.3 Å². The molecular formula is C38H29F44N5S6. The summed E-state index contributed by atoms with van der Waals surface area (Å²) in [7, 11) is 0. The number of hydrogen-bond donors (Lipinski definition) is 0. The summed E-state index contributed by atoms with van der Waals surface area (Å²) in [6, 6.07) is 0. The maximum atomic E-state index is 14.9. The van der Waals surface area contributed by atoms with Gasteiger partial charge in [0.15, 0.2) is 29.6 Å². The highest BCUT2D eigenvalue weighted by Gasteiger charge is 2.88. The van der Waals surface area contributed by atoms with E-state index in [-0.39, 0.29) is 56.7 Å². The van der Waals surface area contributed by atoms with Gasteiger partial charge in [-0.15, -0.1) is 14.9 Å². The number of halogens is 44. The summed E-state index contributed by atoms with van der Waals surface area (Å²) in [5, 5.41) is -2.91. The Kier molecular flexibility index (Phi) is 27.3. The first-order valence-corrected chi connectivity index (χ1v) is 26.9. The van der Waals surface area contributed by atoms with Crippen LogP contribution in [0.4, 0.5) is 193 Å². The quantitative estimate of drug-likeness (QED) is 0.0362. The molecule has 0 unspecified atom stereocenters. The molecule has 0 aromatic carbocycles. The van der Waals surface area contributed by atoms with E-state index in [0.29, 0.717) is 7.68 Å². The van der Waals surface area contributed by atoms with E-state index in [0.717, 1.165) is 11.5 Å². The molecule has 0 saturated heterocycles. The second-order valence-electron chi connectivity index (χ2n) is 17.8. The molecule has 3 heterocycles. The van der Waals surface area contributed by atoms with E-state index >= 15 is 0 Å². The molecular weight excluding hydrogens is 1550 g/mol. The number of fused-ring (bicyclic) bond motifs is 1. The van der Waals surface area contributed by atoms with Crippen molar-refractivity contribution in [1.29, 1.82) is 0 Å². The zero-order valence-electron chi connectivity index (χ0n) is 43.5. The number of rotatable bonds is 28. The molecule has 5 nitrogen and oxygen atoms in total. The molecule has 0 radical (unpaired) electrons. The van der Waals surface area contributed by atoms with Gasteiger partial charge in [-0.3, -0.25) is 4.39 Å². The molecule has 1 aliphatic rings. The van der Waals surface area contributed by atoms with Crippen molar-refractivity contribution in [3.8, 4) is 0 Å². The Hall–Kier alpha value is -2.86. The zero-order valence-corrected chi connectivity index (χ0v) is 48.4. The zero-order chi connectivity index (χ0) is 74.4. The number of aromatic nitrogens is 4. The highest BCUT2D eigenvalue weighted by atomic mass is 32.3. The van der Waals surface area contributed by atoms with E-state index in [1.165, 1.54) is 0 Å². The molecule has 55 heteroatoms. The lowest BCUT2D eigenvalue weighted by Crippen LogP contribution is -2.66. The molecule has 0 aliphatic carbocycles. The largest absolute Gasteiger partial charge is 0.460 e. The molecule has 2 aromatic heterocycles. The van der Waals surface area contributed by atoms with E-state index in [9.17, 15) is 193 Å². The normalized spacial score (nSPS) is 15.8. The summed E-state index contributed by atoms with van der Waals surface area (Å²) in [5.41, 5.74) is 0. The number of imidazole rings is 2. The fourth-order valence-corrected chi connectivity index (χ4v) is 12.0. The van der Waals surface area contributed by atoms with Crippen LogP contribution >= 0.6 is 72.0 Å². The van der Waals surface area contributed by atoms with Gasteiger partial charge in [-0.05, 0) is 36.6 Å². The smallest absolute Gasteiger partial charge is 0.311 e. The Balaban J connectivity index is 0.00000175. The van der Waals surface area contributed by atoms with Crippen LogP contribution in [0.15, 0.2) is 20.1 Å². The molecule has 0 spiro atoms. The lowest BCUT2D eigenvalue weighted by molar-refractivity contribution is -0.422. The molecule has 3 rings (SSSR count). The van der Waals surface area contributed by atoms with Crippen LogP contribution in [0.2, 0.25) is 0 Å². The first-order valence-electron chi connectivity index (χ1n) is 22.8. The molecule has 0 atom stereocenters. The lowest BCUT2D eigenvalue weighted by atomic mass is 9.96. The minimum atomic E-state index is -7.94. The summed E-state index contributed by atoms with van der Waals surface area (Å²) in [6.45, 7) is -15.5. The average Bonchev–Trinajstić information content (AvgIpc) is 1.56. The van der Waals surface area contributed by atoms with Crippen LogP contribution in [0, 0.1) is 9.54 Å². The van der Waals surface area contributed by atoms with Crippen molar-refractivity contribution in [2.45, 2.75) is 187 Å². The van der Waals surface area contributed by atoms with Gasteiger partial charge in [-0.25, -0.2) is 13.2 Å². The van der Waals surface area contributed by atoms with Gasteiger partial charge >= 0.3 is 108 Å². The number of nitrogens with zero attached hydrogens (tertiary/aromatic N) is 5. The van der Waals surface area contributed by atoms with Crippen LogP contribution in [0.25, 0.3) is 0 Å². The minimum Gasteiger partial charge on any atom is -0.311 e. The Morgan fingerprint density at radius 3 is 0.903 bits per heavy atom. The minimum absolute atomic E-state index is 0.0571. The van der Waals surface area contributed by atoms with Gasteiger partial charge in [0.2, 0.25) is 0 Å². The van der Waals surface area contributed by atoms with E-state index in [4.69, 9.17) is 24.4 Å². The average molecular weight is 1580 g/mol. The van der Waals surface area contributed by atoms with Gasteiger partial charge in [-0.2, -0.15) is 176 Å². The van der Waals surface area contributed by atoms with Crippen LogP contribution in [-0.4, -0.2) is 161 Å². The third kappa shape index (κ3) is 16.9. The first kappa shape index (κ1) is 88.2. The van der Waals surface area contributed by atoms with Crippen molar-refractivity contribution in [2.24, 2.45) is 0 Å². The SMILES string of the molecule is CCSc1c(SN2Sc3c(n(CCC(F)(F)C(F)(F)C(F)(F)C(F)(F)C(F)(F)F)c(=S)n3CCCF)S2)n(CCC(F)(F)C(F)(F)C(F)(F)CF)c(=S)n1CCC(F)(F)C(F)(F)C(F)(F)C(F)(F)C(F)(F)F.FCC(F)(F)C(F)(F)C(F)(F)C(F)(F)F.FCC(F)(F)F. The topological polar surface area (TPSA) is 23.0 Å².